The third kappa shape index (κ3) is 0.636. The van der Waals surface area contributed by atoms with Gasteiger partial charge in [0.1, 0.15) is 5.65 Å². The maximum atomic E-state index is 4.20. The Balaban J connectivity index is 2.93. The fourth-order valence-electron chi connectivity index (χ4n) is 1.10. The average Bonchev–Trinajstić information content (AvgIpc) is 2.34. The van der Waals surface area contributed by atoms with E-state index in [0.29, 0.717) is 0 Å². The van der Waals surface area contributed by atoms with Gasteiger partial charge >= 0.3 is 0 Å². The van der Waals surface area contributed by atoms with Crippen LogP contribution >= 0.6 is 0 Å². The smallest absolute Gasteiger partial charge is 0.224 e. The van der Waals surface area contributed by atoms with Crippen LogP contribution in [-0.2, 0) is 0 Å². The molecule has 0 aliphatic carbocycles. The molecule has 0 aliphatic rings. The van der Waals surface area contributed by atoms with E-state index in [4.69, 9.17) is 0 Å². The molecule has 48 valence electrons. The summed E-state index contributed by atoms with van der Waals surface area (Å²) in [5.74, 6) is 0. The molecular formula is C7H7BN2. The molecule has 0 saturated carbocycles. The van der Waals surface area contributed by atoms with Crippen molar-refractivity contribution in [1.82, 2.24) is 9.46 Å². The van der Waals surface area contributed by atoms with Gasteiger partial charge in [0.15, 0.2) is 0 Å². The molecule has 2 aromatic heterocycles. The van der Waals surface area contributed by atoms with Crippen molar-refractivity contribution in [2.45, 2.75) is 0 Å². The van der Waals surface area contributed by atoms with Gasteiger partial charge in [0.05, 0.1) is 0 Å². The van der Waals surface area contributed by atoms with Crippen molar-refractivity contribution >= 4 is 19.0 Å². The van der Waals surface area contributed by atoms with E-state index in [2.05, 4.69) is 17.1 Å². The maximum Gasteiger partial charge on any atom is 0.224 e. The van der Waals surface area contributed by atoms with Gasteiger partial charge in [0.2, 0.25) is 7.98 Å². The van der Waals surface area contributed by atoms with Crippen LogP contribution in [0.15, 0.2) is 30.6 Å². The van der Waals surface area contributed by atoms with E-state index in [0.717, 1.165) is 5.65 Å². The molecule has 0 atom stereocenters. The summed E-state index contributed by atoms with van der Waals surface area (Å²) < 4.78 is 2.01. The SMILES string of the molecule is Bn1ccc2cccnc21. The summed E-state index contributed by atoms with van der Waals surface area (Å²) >= 11 is 0. The molecule has 2 aromatic rings. The number of aromatic nitrogens is 2. The molecule has 0 fully saturated rings. The molecule has 0 saturated heterocycles. The molecular weight excluding hydrogens is 123 g/mol. The molecule has 0 unspecified atom stereocenters. The molecule has 3 heteroatoms. The Kier molecular flexibility index (Phi) is 1.03. The zero-order valence-corrected chi connectivity index (χ0v) is 5.78. The molecule has 0 spiro atoms. The maximum absolute atomic E-state index is 4.20. The summed E-state index contributed by atoms with van der Waals surface area (Å²) in [6.45, 7) is 0. The van der Waals surface area contributed by atoms with E-state index in [-0.39, 0.29) is 0 Å². The fraction of sp³-hybridized carbons (Fsp3) is 0. The minimum atomic E-state index is 1.04. The monoisotopic (exact) mass is 130 g/mol. The normalized spacial score (nSPS) is 10.4. The highest BCUT2D eigenvalue weighted by Gasteiger charge is 1.93. The third-order valence-corrected chi connectivity index (χ3v) is 1.63. The molecule has 0 aromatic carbocycles. The highest BCUT2D eigenvalue weighted by molar-refractivity contribution is 6.10. The minimum Gasteiger partial charge on any atom is -0.384 e. The van der Waals surface area contributed by atoms with Crippen LogP contribution in [0.1, 0.15) is 0 Å². The number of nitrogens with zero attached hydrogens (tertiary/aromatic N) is 2. The molecule has 10 heavy (non-hydrogen) atoms. The predicted molar refractivity (Wildman–Crippen MR) is 43.7 cm³/mol. The van der Waals surface area contributed by atoms with Crippen molar-refractivity contribution < 1.29 is 0 Å². The number of hydrogen-bond donors (Lipinski definition) is 0. The zero-order valence-electron chi connectivity index (χ0n) is 5.78. The van der Waals surface area contributed by atoms with Gasteiger partial charge in [-0.3, -0.25) is 0 Å². The number of rotatable bonds is 0. The van der Waals surface area contributed by atoms with Crippen LogP contribution in [0.5, 0.6) is 0 Å². The van der Waals surface area contributed by atoms with Gasteiger partial charge in [-0.1, -0.05) is 0 Å². The summed E-state index contributed by atoms with van der Waals surface area (Å²) in [6, 6.07) is 6.06. The number of hydrogen-bond acceptors (Lipinski definition) is 1. The van der Waals surface area contributed by atoms with E-state index in [1.54, 1.807) is 0 Å². The lowest BCUT2D eigenvalue weighted by atomic mass is 10.3. The van der Waals surface area contributed by atoms with E-state index in [1.165, 1.54) is 5.39 Å². The van der Waals surface area contributed by atoms with Gasteiger partial charge in [-0.2, -0.15) is 0 Å². The van der Waals surface area contributed by atoms with Crippen molar-refractivity contribution in [3.05, 3.63) is 30.6 Å². The summed E-state index contributed by atoms with van der Waals surface area (Å²) in [6.07, 6.45) is 3.82. The summed E-state index contributed by atoms with van der Waals surface area (Å²) in [4.78, 5) is 4.20. The van der Waals surface area contributed by atoms with E-state index in [1.807, 2.05) is 30.9 Å². The topological polar surface area (TPSA) is 17.8 Å². The van der Waals surface area contributed by atoms with Gasteiger partial charge < -0.3 is 4.48 Å². The predicted octanol–water partition coefficient (Wildman–Crippen LogP) is 0.432. The van der Waals surface area contributed by atoms with Crippen LogP contribution in [0.3, 0.4) is 0 Å². The number of fused-ring (bicyclic) bond motifs is 1. The third-order valence-electron chi connectivity index (χ3n) is 1.63. The molecule has 0 amide bonds. The summed E-state index contributed by atoms with van der Waals surface area (Å²) in [7, 11) is 2.00. The molecule has 0 aliphatic heterocycles. The van der Waals surface area contributed by atoms with Gasteiger partial charge in [0.25, 0.3) is 0 Å². The summed E-state index contributed by atoms with van der Waals surface area (Å²) in [5, 5.41) is 1.20. The van der Waals surface area contributed by atoms with E-state index < -0.39 is 0 Å². The average molecular weight is 130 g/mol. The molecule has 2 nitrogen and oxygen atoms in total. The van der Waals surface area contributed by atoms with Crippen molar-refractivity contribution in [3.63, 3.8) is 0 Å². The van der Waals surface area contributed by atoms with Gasteiger partial charge in [-0.25, -0.2) is 4.98 Å². The molecule has 0 radical (unpaired) electrons. The van der Waals surface area contributed by atoms with Crippen molar-refractivity contribution in [2.24, 2.45) is 0 Å². The molecule has 0 N–H and O–H groups in total. The van der Waals surface area contributed by atoms with Crippen LogP contribution in [0.2, 0.25) is 0 Å². The Morgan fingerprint density at radius 1 is 1.40 bits per heavy atom. The van der Waals surface area contributed by atoms with E-state index >= 15 is 0 Å². The van der Waals surface area contributed by atoms with Crippen LogP contribution in [0, 0.1) is 0 Å². The quantitative estimate of drug-likeness (QED) is 0.473. The minimum absolute atomic E-state index is 1.04. The second-order valence-electron chi connectivity index (χ2n) is 2.34. The second kappa shape index (κ2) is 1.87. The molecule has 0 bridgehead atoms. The lowest BCUT2D eigenvalue weighted by Crippen LogP contribution is -1.88. The van der Waals surface area contributed by atoms with Crippen LogP contribution in [0.25, 0.3) is 11.0 Å². The first kappa shape index (κ1) is 5.53. The highest BCUT2D eigenvalue weighted by atomic mass is 14.9. The lowest BCUT2D eigenvalue weighted by Gasteiger charge is -1.91. The van der Waals surface area contributed by atoms with Crippen molar-refractivity contribution in [1.29, 1.82) is 0 Å². The molecule has 2 rings (SSSR count). The highest BCUT2D eigenvalue weighted by Crippen LogP contribution is 2.08. The first-order valence-corrected chi connectivity index (χ1v) is 3.24. The van der Waals surface area contributed by atoms with Crippen LogP contribution < -0.4 is 0 Å². The fourth-order valence-corrected chi connectivity index (χ4v) is 1.10. The summed E-state index contributed by atoms with van der Waals surface area (Å²) in [5.41, 5.74) is 1.04. The lowest BCUT2D eigenvalue weighted by molar-refractivity contribution is 1.24. The Morgan fingerprint density at radius 2 is 2.30 bits per heavy atom. The van der Waals surface area contributed by atoms with Crippen LogP contribution in [0.4, 0.5) is 0 Å². The second-order valence-corrected chi connectivity index (χ2v) is 2.34. The Labute approximate surface area is 59.9 Å². The molecule has 2 heterocycles. The standard InChI is InChI=1S/C7H7BN2/c8-10-5-3-6-2-1-4-9-7(6)10/h1-5H,8H2. The van der Waals surface area contributed by atoms with E-state index in [9.17, 15) is 0 Å². The van der Waals surface area contributed by atoms with Gasteiger partial charge in [0, 0.05) is 11.6 Å². The van der Waals surface area contributed by atoms with Gasteiger partial charge in [-0.05, 0) is 24.4 Å². The van der Waals surface area contributed by atoms with Crippen LogP contribution in [-0.4, -0.2) is 17.4 Å². The van der Waals surface area contributed by atoms with Gasteiger partial charge in [-0.15, -0.1) is 0 Å². The Morgan fingerprint density at radius 3 is 3.10 bits per heavy atom. The first-order valence-electron chi connectivity index (χ1n) is 3.24. The number of pyridine rings is 1. The zero-order chi connectivity index (χ0) is 6.97. The Hall–Kier alpha value is -1.25. The largest absolute Gasteiger partial charge is 0.384 e. The van der Waals surface area contributed by atoms with Crippen molar-refractivity contribution in [2.75, 3.05) is 0 Å². The first-order chi connectivity index (χ1) is 4.88. The Bertz CT molecular complexity index is 353. The van der Waals surface area contributed by atoms with Crippen molar-refractivity contribution in [3.8, 4) is 0 Å².